The molecule has 9 nitrogen and oxygen atoms in total. The Morgan fingerprint density at radius 2 is 1.82 bits per heavy atom. The first-order valence-corrected chi connectivity index (χ1v) is 12.1. The van der Waals surface area contributed by atoms with Crippen LogP contribution in [-0.2, 0) is 20.0 Å². The molecule has 1 unspecified atom stereocenters. The van der Waals surface area contributed by atoms with Crippen LogP contribution in [0.1, 0.15) is 25.3 Å². The van der Waals surface area contributed by atoms with E-state index in [1.807, 2.05) is 6.92 Å². The lowest BCUT2D eigenvalue weighted by atomic mass is 9.93. The lowest BCUT2D eigenvalue weighted by molar-refractivity contribution is -0.192. The SMILES string of the molecule is CCOc1ccc(N2C(=O)Nc3ccc(Br)cc3C2(O)C(=O)N2CCC3(CC2)OCCO3)cc1. The number of urea groups is 1. The molecular formula is C24H26BrN3O6. The van der Waals surface area contributed by atoms with Crippen molar-refractivity contribution >= 4 is 39.2 Å². The molecule has 1 atom stereocenters. The number of fused-ring (bicyclic) bond motifs is 1. The average Bonchev–Trinajstić information content (AvgIpc) is 3.29. The Morgan fingerprint density at radius 3 is 2.47 bits per heavy atom. The number of amides is 3. The van der Waals surface area contributed by atoms with Crippen LogP contribution in [0.25, 0.3) is 0 Å². The van der Waals surface area contributed by atoms with E-state index >= 15 is 0 Å². The largest absolute Gasteiger partial charge is 0.494 e. The first-order chi connectivity index (χ1) is 16.4. The van der Waals surface area contributed by atoms with Gasteiger partial charge in [0.1, 0.15) is 5.75 Å². The van der Waals surface area contributed by atoms with Gasteiger partial charge in [-0.2, -0.15) is 0 Å². The zero-order valence-electron chi connectivity index (χ0n) is 18.8. The molecule has 2 aromatic carbocycles. The van der Waals surface area contributed by atoms with Crippen molar-refractivity contribution in [3.63, 3.8) is 0 Å². The monoisotopic (exact) mass is 531 g/mol. The van der Waals surface area contributed by atoms with E-state index in [0.29, 0.717) is 67.3 Å². The first-order valence-electron chi connectivity index (χ1n) is 11.3. The molecule has 3 heterocycles. The smallest absolute Gasteiger partial charge is 0.329 e. The van der Waals surface area contributed by atoms with E-state index in [4.69, 9.17) is 14.2 Å². The summed E-state index contributed by atoms with van der Waals surface area (Å²) in [5.74, 6) is -0.623. The van der Waals surface area contributed by atoms with Crippen LogP contribution < -0.4 is 15.0 Å². The van der Waals surface area contributed by atoms with Crippen molar-refractivity contribution in [3.05, 3.63) is 52.5 Å². The summed E-state index contributed by atoms with van der Waals surface area (Å²) in [6.07, 6.45) is 0.991. The van der Waals surface area contributed by atoms with Gasteiger partial charge in [-0.05, 0) is 49.4 Å². The second-order valence-corrected chi connectivity index (χ2v) is 9.37. The minimum atomic E-state index is -2.25. The van der Waals surface area contributed by atoms with E-state index in [1.54, 1.807) is 47.4 Å². The van der Waals surface area contributed by atoms with Gasteiger partial charge < -0.3 is 29.5 Å². The van der Waals surface area contributed by atoms with Crippen molar-refractivity contribution in [2.75, 3.05) is 43.1 Å². The fraction of sp³-hybridized carbons (Fsp3) is 0.417. The van der Waals surface area contributed by atoms with Crippen molar-refractivity contribution in [1.29, 1.82) is 0 Å². The van der Waals surface area contributed by atoms with Crippen LogP contribution >= 0.6 is 15.9 Å². The van der Waals surface area contributed by atoms with Crippen LogP contribution in [0.5, 0.6) is 5.75 Å². The van der Waals surface area contributed by atoms with Crippen molar-refractivity contribution in [2.45, 2.75) is 31.3 Å². The number of anilines is 2. The van der Waals surface area contributed by atoms with Crippen LogP contribution in [0.3, 0.4) is 0 Å². The standard InChI is InChI=1S/C24H26BrN3O6/c1-2-32-18-6-4-17(5-7-18)28-22(30)26-20-8-3-16(25)15-19(20)24(28,31)21(29)27-11-9-23(10-12-27)33-13-14-34-23/h3-8,15,31H,2,9-14H2,1H3,(H,26,30). The number of likely N-dealkylation sites (tertiary alicyclic amines) is 1. The third-order valence-electron chi connectivity index (χ3n) is 6.46. The lowest BCUT2D eigenvalue weighted by Crippen LogP contribution is -2.64. The molecule has 10 heteroatoms. The summed E-state index contributed by atoms with van der Waals surface area (Å²) < 4.78 is 17.7. The minimum Gasteiger partial charge on any atom is -0.494 e. The summed E-state index contributed by atoms with van der Waals surface area (Å²) in [4.78, 5) is 29.9. The molecule has 34 heavy (non-hydrogen) atoms. The summed E-state index contributed by atoms with van der Waals surface area (Å²) in [5, 5.41) is 14.9. The maximum absolute atomic E-state index is 14.0. The molecule has 3 amide bonds. The van der Waals surface area contributed by atoms with E-state index in [9.17, 15) is 14.7 Å². The van der Waals surface area contributed by atoms with Gasteiger partial charge in [-0.15, -0.1) is 0 Å². The maximum atomic E-state index is 14.0. The normalized spacial score (nSPS) is 23.6. The number of nitrogens with one attached hydrogen (secondary N) is 1. The lowest BCUT2D eigenvalue weighted by Gasteiger charge is -2.46. The molecule has 2 N–H and O–H groups in total. The van der Waals surface area contributed by atoms with Crippen LogP contribution in [0.4, 0.5) is 16.2 Å². The summed E-state index contributed by atoms with van der Waals surface area (Å²) in [7, 11) is 0. The molecule has 0 bridgehead atoms. The number of hydrogen-bond acceptors (Lipinski definition) is 6. The van der Waals surface area contributed by atoms with Crippen LogP contribution in [-0.4, -0.2) is 60.6 Å². The molecule has 3 aliphatic rings. The van der Waals surface area contributed by atoms with E-state index in [-0.39, 0.29) is 5.56 Å². The Hall–Kier alpha value is -2.66. The number of aliphatic hydroxyl groups is 1. The number of carbonyl (C=O) groups is 2. The quantitative estimate of drug-likeness (QED) is 0.626. The summed E-state index contributed by atoms with van der Waals surface area (Å²) >= 11 is 3.43. The Bertz CT molecular complexity index is 1090. The van der Waals surface area contributed by atoms with E-state index < -0.39 is 23.5 Å². The van der Waals surface area contributed by atoms with Crippen molar-refractivity contribution in [1.82, 2.24) is 4.90 Å². The molecule has 5 rings (SSSR count). The van der Waals surface area contributed by atoms with Crippen LogP contribution in [0, 0.1) is 0 Å². The van der Waals surface area contributed by atoms with Gasteiger partial charge in [0.05, 0.1) is 25.5 Å². The molecule has 2 saturated heterocycles. The highest BCUT2D eigenvalue weighted by Crippen LogP contribution is 2.43. The molecule has 0 radical (unpaired) electrons. The molecule has 2 fully saturated rings. The summed E-state index contributed by atoms with van der Waals surface area (Å²) in [5.41, 5.74) is -1.23. The number of hydrogen-bond donors (Lipinski definition) is 2. The number of rotatable bonds is 4. The molecule has 1 spiro atoms. The highest BCUT2D eigenvalue weighted by molar-refractivity contribution is 9.10. The predicted octanol–water partition coefficient (Wildman–Crippen LogP) is 3.41. The van der Waals surface area contributed by atoms with Gasteiger partial charge in [0.25, 0.3) is 11.6 Å². The molecule has 0 saturated carbocycles. The van der Waals surface area contributed by atoms with Gasteiger partial charge in [0.2, 0.25) is 0 Å². The van der Waals surface area contributed by atoms with E-state index in [2.05, 4.69) is 21.2 Å². The highest BCUT2D eigenvalue weighted by atomic mass is 79.9. The van der Waals surface area contributed by atoms with Gasteiger partial charge >= 0.3 is 6.03 Å². The predicted molar refractivity (Wildman–Crippen MR) is 128 cm³/mol. The van der Waals surface area contributed by atoms with Crippen molar-refractivity contribution in [3.8, 4) is 5.75 Å². The molecule has 3 aliphatic heterocycles. The highest BCUT2D eigenvalue weighted by Gasteiger charge is 2.55. The van der Waals surface area contributed by atoms with Gasteiger partial charge in [-0.3, -0.25) is 9.69 Å². The van der Waals surface area contributed by atoms with Crippen molar-refractivity contribution < 1.29 is 28.9 Å². The minimum absolute atomic E-state index is 0.286. The Kier molecular flexibility index (Phi) is 6.01. The number of ether oxygens (including phenoxy) is 3. The van der Waals surface area contributed by atoms with E-state index in [1.165, 1.54) is 0 Å². The van der Waals surface area contributed by atoms with Crippen LogP contribution in [0.2, 0.25) is 0 Å². The zero-order chi connectivity index (χ0) is 23.9. The number of nitrogens with zero attached hydrogens (tertiary/aromatic N) is 2. The molecular weight excluding hydrogens is 506 g/mol. The van der Waals surface area contributed by atoms with Gasteiger partial charge in [-0.1, -0.05) is 15.9 Å². The number of benzene rings is 2. The van der Waals surface area contributed by atoms with Gasteiger partial charge in [0.15, 0.2) is 5.79 Å². The third-order valence-corrected chi connectivity index (χ3v) is 6.95. The topological polar surface area (TPSA) is 101 Å². The summed E-state index contributed by atoms with van der Waals surface area (Å²) in [6.45, 7) is 4.11. The Balaban J connectivity index is 1.54. The number of carbonyl (C=O) groups excluding carboxylic acids is 2. The van der Waals surface area contributed by atoms with E-state index in [0.717, 1.165) is 4.90 Å². The zero-order valence-corrected chi connectivity index (χ0v) is 20.3. The molecule has 2 aromatic rings. The maximum Gasteiger partial charge on any atom is 0.329 e. The second-order valence-electron chi connectivity index (χ2n) is 8.45. The Morgan fingerprint density at radius 1 is 1.15 bits per heavy atom. The average molecular weight is 532 g/mol. The fourth-order valence-corrected chi connectivity index (χ4v) is 5.14. The Labute approximate surface area is 205 Å². The first kappa shape index (κ1) is 23.1. The number of halogens is 1. The van der Waals surface area contributed by atoms with Gasteiger partial charge in [-0.25, -0.2) is 4.79 Å². The molecule has 180 valence electrons. The third kappa shape index (κ3) is 3.84. The fourth-order valence-electron chi connectivity index (χ4n) is 4.78. The van der Waals surface area contributed by atoms with Crippen molar-refractivity contribution in [2.24, 2.45) is 0 Å². The summed E-state index contributed by atoms with van der Waals surface area (Å²) in [6, 6.07) is 11.2. The molecule has 0 aliphatic carbocycles. The van der Waals surface area contributed by atoms with Gasteiger partial charge in [0, 0.05) is 41.7 Å². The molecule has 0 aromatic heterocycles. The second kappa shape index (κ2) is 8.84. The number of piperidine rings is 1. The van der Waals surface area contributed by atoms with Crippen LogP contribution in [0.15, 0.2) is 46.9 Å².